The fourth-order valence-electron chi connectivity index (χ4n) is 3.19. The number of carbonyl (C=O) groups is 3. The van der Waals surface area contributed by atoms with Crippen LogP contribution in [0.5, 0.6) is 0 Å². The standard InChI is InChI=1S/C22H30N3O7P/c1-3-4-5-7-17(13-25(29)15-26)21(27)23-14-24-22(28)20-11-10-19(32-20)16-8-6-9-18(12-16)33(2,30)31/h6,8-12,15,17,29H,3-5,7,13-14H2,1-2H3,(H,23,27)(H,24,28)(H,30,31). The Balaban J connectivity index is 1.94. The smallest absolute Gasteiger partial charge is 0.288 e. The number of hydrogen-bond acceptors (Lipinski definition) is 6. The molecule has 1 heterocycles. The van der Waals surface area contributed by atoms with Crippen molar-refractivity contribution in [3.8, 4) is 11.3 Å². The summed E-state index contributed by atoms with van der Waals surface area (Å²) >= 11 is 0. The molecule has 180 valence electrons. The topological polar surface area (TPSA) is 149 Å². The molecule has 0 aliphatic carbocycles. The highest BCUT2D eigenvalue weighted by Crippen LogP contribution is 2.35. The number of furan rings is 1. The summed E-state index contributed by atoms with van der Waals surface area (Å²) in [5, 5.41) is 15.2. The van der Waals surface area contributed by atoms with Crippen molar-refractivity contribution in [1.82, 2.24) is 15.7 Å². The molecule has 11 heteroatoms. The van der Waals surface area contributed by atoms with Gasteiger partial charge in [0.25, 0.3) is 5.91 Å². The first-order valence-electron chi connectivity index (χ1n) is 10.6. The molecule has 1 aromatic heterocycles. The van der Waals surface area contributed by atoms with Gasteiger partial charge in [0.05, 0.1) is 19.1 Å². The number of carbonyl (C=O) groups excluding carboxylic acids is 3. The number of benzene rings is 1. The maximum Gasteiger partial charge on any atom is 0.288 e. The van der Waals surface area contributed by atoms with E-state index in [2.05, 4.69) is 10.6 Å². The predicted octanol–water partition coefficient (Wildman–Crippen LogP) is 2.32. The molecule has 10 nitrogen and oxygen atoms in total. The second-order valence-electron chi connectivity index (χ2n) is 7.74. The van der Waals surface area contributed by atoms with Gasteiger partial charge in [-0.25, -0.2) is 5.06 Å². The Morgan fingerprint density at radius 2 is 1.97 bits per heavy atom. The lowest BCUT2D eigenvalue weighted by Crippen LogP contribution is -2.42. The first-order valence-corrected chi connectivity index (χ1v) is 12.7. The second kappa shape index (κ2) is 12.3. The summed E-state index contributed by atoms with van der Waals surface area (Å²) in [5.74, 6) is -1.19. The van der Waals surface area contributed by atoms with Crippen LogP contribution < -0.4 is 15.9 Å². The molecular formula is C22H30N3O7P. The van der Waals surface area contributed by atoms with E-state index >= 15 is 0 Å². The van der Waals surface area contributed by atoms with Crippen LogP contribution in [0.25, 0.3) is 11.3 Å². The lowest BCUT2D eigenvalue weighted by atomic mass is 10.0. The molecule has 0 radical (unpaired) electrons. The van der Waals surface area contributed by atoms with Gasteiger partial charge in [-0.2, -0.15) is 0 Å². The Bertz CT molecular complexity index is 1000. The third kappa shape index (κ3) is 8.16. The number of rotatable bonds is 13. The molecule has 4 N–H and O–H groups in total. The molecular weight excluding hydrogens is 449 g/mol. The van der Waals surface area contributed by atoms with Gasteiger partial charge in [-0.1, -0.05) is 38.3 Å². The number of nitrogens with one attached hydrogen (secondary N) is 2. The van der Waals surface area contributed by atoms with Crippen molar-refractivity contribution in [2.75, 3.05) is 19.9 Å². The van der Waals surface area contributed by atoms with Crippen LogP contribution in [-0.4, -0.2) is 53.3 Å². The maximum atomic E-state index is 12.4. The summed E-state index contributed by atoms with van der Waals surface area (Å²) in [6.07, 6.45) is 3.40. The lowest BCUT2D eigenvalue weighted by Gasteiger charge is -2.19. The molecule has 2 rings (SSSR count). The Labute approximate surface area is 192 Å². The van der Waals surface area contributed by atoms with Crippen molar-refractivity contribution in [3.63, 3.8) is 0 Å². The van der Waals surface area contributed by atoms with Crippen LogP contribution in [-0.2, 0) is 14.2 Å². The van der Waals surface area contributed by atoms with Crippen LogP contribution in [0.2, 0.25) is 0 Å². The fraction of sp³-hybridized carbons (Fsp3) is 0.409. The van der Waals surface area contributed by atoms with Crippen molar-refractivity contribution in [1.29, 1.82) is 0 Å². The van der Waals surface area contributed by atoms with Crippen LogP contribution in [0.4, 0.5) is 0 Å². The van der Waals surface area contributed by atoms with Crippen LogP contribution in [0.3, 0.4) is 0 Å². The SMILES string of the molecule is CCCCCC(CN(O)C=O)C(=O)NCNC(=O)c1ccc(-c2cccc(P(C)(=O)O)c2)o1. The first kappa shape index (κ1) is 26.3. The van der Waals surface area contributed by atoms with Gasteiger partial charge in [-0.05, 0) is 30.7 Å². The summed E-state index contributed by atoms with van der Waals surface area (Å²) in [6.45, 7) is 2.97. The van der Waals surface area contributed by atoms with Gasteiger partial charge in [-0.15, -0.1) is 0 Å². The highest BCUT2D eigenvalue weighted by atomic mass is 31.2. The zero-order valence-electron chi connectivity index (χ0n) is 18.7. The maximum absolute atomic E-state index is 12.4. The van der Waals surface area contributed by atoms with E-state index in [1.807, 2.05) is 6.92 Å². The minimum absolute atomic E-state index is 0.00955. The molecule has 0 bridgehead atoms. The zero-order valence-corrected chi connectivity index (χ0v) is 19.6. The van der Waals surface area contributed by atoms with E-state index in [9.17, 15) is 29.0 Å². The van der Waals surface area contributed by atoms with Gasteiger partial charge in [0.15, 0.2) is 5.76 Å². The summed E-state index contributed by atoms with van der Waals surface area (Å²) in [4.78, 5) is 45.2. The van der Waals surface area contributed by atoms with E-state index in [-0.39, 0.29) is 30.7 Å². The van der Waals surface area contributed by atoms with Crippen LogP contribution >= 0.6 is 7.37 Å². The Hall–Kier alpha value is -2.94. The van der Waals surface area contributed by atoms with Crippen molar-refractivity contribution < 1.29 is 33.5 Å². The average molecular weight is 479 g/mol. The van der Waals surface area contributed by atoms with E-state index in [1.165, 1.54) is 18.8 Å². The third-order valence-electron chi connectivity index (χ3n) is 5.01. The summed E-state index contributed by atoms with van der Waals surface area (Å²) < 4.78 is 17.4. The minimum atomic E-state index is -3.43. The lowest BCUT2D eigenvalue weighted by molar-refractivity contribution is -0.154. The molecule has 33 heavy (non-hydrogen) atoms. The van der Waals surface area contributed by atoms with Crippen molar-refractivity contribution in [2.24, 2.45) is 5.92 Å². The number of unbranched alkanes of at least 4 members (excludes halogenated alkanes) is 2. The number of hydrogen-bond donors (Lipinski definition) is 4. The van der Waals surface area contributed by atoms with Gasteiger partial charge in [-0.3, -0.25) is 24.2 Å². The normalized spacial score (nSPS) is 13.6. The largest absolute Gasteiger partial charge is 0.451 e. The van der Waals surface area contributed by atoms with Gasteiger partial charge >= 0.3 is 0 Å². The van der Waals surface area contributed by atoms with E-state index < -0.39 is 25.1 Å². The number of amides is 3. The summed E-state index contributed by atoms with van der Waals surface area (Å²) in [6, 6.07) is 9.44. The highest BCUT2D eigenvalue weighted by Gasteiger charge is 2.21. The molecule has 0 aliphatic heterocycles. The van der Waals surface area contributed by atoms with Gasteiger partial charge in [0, 0.05) is 17.5 Å². The zero-order chi connectivity index (χ0) is 24.4. The fourth-order valence-corrected chi connectivity index (χ4v) is 3.93. The number of nitrogens with zero attached hydrogens (tertiary/aromatic N) is 1. The summed E-state index contributed by atoms with van der Waals surface area (Å²) in [5.41, 5.74) is 0.551. The monoisotopic (exact) mass is 479 g/mol. The van der Waals surface area contributed by atoms with Crippen LogP contribution in [0.15, 0.2) is 40.8 Å². The molecule has 0 saturated heterocycles. The molecule has 0 fully saturated rings. The minimum Gasteiger partial charge on any atom is -0.451 e. The van der Waals surface area contributed by atoms with Gasteiger partial charge in [0.2, 0.25) is 19.7 Å². The first-order chi connectivity index (χ1) is 15.7. The van der Waals surface area contributed by atoms with E-state index in [1.54, 1.807) is 24.3 Å². The average Bonchev–Trinajstić information content (AvgIpc) is 3.28. The molecule has 0 spiro atoms. The molecule has 0 aliphatic rings. The van der Waals surface area contributed by atoms with Crippen LogP contribution in [0, 0.1) is 5.92 Å². The van der Waals surface area contributed by atoms with Crippen LogP contribution in [0.1, 0.15) is 43.2 Å². The van der Waals surface area contributed by atoms with Crippen molar-refractivity contribution in [2.45, 2.75) is 32.6 Å². The molecule has 0 saturated carbocycles. The molecule has 2 aromatic rings. The molecule has 3 amide bonds. The van der Waals surface area contributed by atoms with E-state index in [4.69, 9.17) is 4.42 Å². The molecule has 2 unspecified atom stereocenters. The molecule has 1 aromatic carbocycles. The highest BCUT2D eigenvalue weighted by molar-refractivity contribution is 7.65. The molecule has 2 atom stereocenters. The second-order valence-corrected chi connectivity index (χ2v) is 10.0. The quantitative estimate of drug-likeness (QED) is 0.0860. The Morgan fingerprint density at radius 3 is 2.64 bits per heavy atom. The third-order valence-corrected chi connectivity index (χ3v) is 6.24. The van der Waals surface area contributed by atoms with Crippen molar-refractivity contribution >= 4 is 30.9 Å². The van der Waals surface area contributed by atoms with E-state index in [0.717, 1.165) is 19.3 Å². The predicted molar refractivity (Wildman–Crippen MR) is 122 cm³/mol. The summed E-state index contributed by atoms with van der Waals surface area (Å²) in [7, 11) is -3.43. The Morgan fingerprint density at radius 1 is 1.21 bits per heavy atom. The van der Waals surface area contributed by atoms with Gasteiger partial charge in [0.1, 0.15) is 5.76 Å². The Kier molecular flexibility index (Phi) is 9.84. The number of hydroxylamine groups is 2. The van der Waals surface area contributed by atoms with Gasteiger partial charge < -0.3 is 19.9 Å². The van der Waals surface area contributed by atoms with E-state index in [0.29, 0.717) is 22.8 Å². The van der Waals surface area contributed by atoms with Crippen molar-refractivity contribution in [3.05, 3.63) is 42.2 Å².